The average molecular weight is 346 g/mol. The zero-order chi connectivity index (χ0) is 18.7. The molecule has 1 aromatic heterocycles. The number of nitrogens with zero attached hydrogens (tertiary/aromatic N) is 2. The first-order valence-electron chi connectivity index (χ1n) is 8.63. The fourth-order valence-corrected chi connectivity index (χ4v) is 3.23. The van der Waals surface area contributed by atoms with Crippen LogP contribution in [0.2, 0.25) is 0 Å². The summed E-state index contributed by atoms with van der Waals surface area (Å²) < 4.78 is 0. The number of amides is 1. The van der Waals surface area contributed by atoms with Gasteiger partial charge >= 0.3 is 0 Å². The molecule has 0 aliphatic carbocycles. The first kappa shape index (κ1) is 17.7. The molecule has 26 heavy (non-hydrogen) atoms. The van der Waals surface area contributed by atoms with E-state index in [1.807, 2.05) is 37.3 Å². The molecule has 0 radical (unpaired) electrons. The van der Waals surface area contributed by atoms with Crippen LogP contribution in [0, 0.1) is 24.2 Å². The minimum absolute atomic E-state index is 0.126. The number of nitrogen functional groups attached to an aromatic ring is 1. The van der Waals surface area contributed by atoms with Crippen molar-refractivity contribution in [3.05, 3.63) is 47.2 Å². The number of likely N-dealkylation sites (tertiary alicyclic amines) is 1. The highest BCUT2D eigenvalue weighted by Crippen LogP contribution is 2.32. The fraction of sp³-hybridized carbons (Fsp3) is 0.286. The molecular formula is C21H22N4O. The van der Waals surface area contributed by atoms with Gasteiger partial charge in [-0.15, -0.1) is 0 Å². The van der Waals surface area contributed by atoms with E-state index in [9.17, 15) is 4.79 Å². The van der Waals surface area contributed by atoms with Crippen LogP contribution in [0.5, 0.6) is 0 Å². The first-order valence-corrected chi connectivity index (χ1v) is 8.63. The van der Waals surface area contributed by atoms with Crippen molar-refractivity contribution in [3.8, 4) is 23.1 Å². The van der Waals surface area contributed by atoms with E-state index in [4.69, 9.17) is 16.1 Å². The first-order chi connectivity index (χ1) is 12.5. The highest BCUT2D eigenvalue weighted by atomic mass is 16.2. The Kier molecular flexibility index (Phi) is 5.04. The highest BCUT2D eigenvalue weighted by Gasteiger charge is 2.28. The molecule has 1 fully saturated rings. The van der Waals surface area contributed by atoms with Crippen molar-refractivity contribution in [1.82, 2.24) is 9.88 Å². The van der Waals surface area contributed by atoms with Crippen LogP contribution in [0.3, 0.4) is 0 Å². The van der Waals surface area contributed by atoms with Crippen molar-refractivity contribution >= 4 is 17.8 Å². The second-order valence-corrected chi connectivity index (χ2v) is 6.52. The Balaban J connectivity index is 1.97. The van der Waals surface area contributed by atoms with Crippen LogP contribution in [-0.4, -0.2) is 35.1 Å². The van der Waals surface area contributed by atoms with Crippen LogP contribution >= 0.6 is 0 Å². The zero-order valence-corrected chi connectivity index (χ0v) is 15.0. The molecule has 5 heteroatoms. The van der Waals surface area contributed by atoms with Crippen LogP contribution in [-0.2, 0) is 4.79 Å². The largest absolute Gasteiger partial charge is 0.396 e. The molecule has 1 aromatic carbocycles. The lowest BCUT2D eigenvalue weighted by Gasteiger charge is -2.16. The maximum absolute atomic E-state index is 12.0. The Bertz CT molecular complexity index is 906. The Hall–Kier alpha value is -3.13. The molecule has 0 bridgehead atoms. The summed E-state index contributed by atoms with van der Waals surface area (Å²) in [5.41, 5.74) is 11.1. The van der Waals surface area contributed by atoms with E-state index in [0.29, 0.717) is 30.0 Å². The molecule has 5 nitrogen and oxygen atoms in total. The topological polar surface area (TPSA) is 83.1 Å². The molecule has 1 unspecified atom stereocenters. The molecule has 1 saturated heterocycles. The van der Waals surface area contributed by atoms with Crippen LogP contribution in [0.1, 0.15) is 36.1 Å². The number of aryl methyl sites for hydroxylation is 1. The molecule has 2 heterocycles. The lowest BCUT2D eigenvalue weighted by atomic mass is 9.98. The van der Waals surface area contributed by atoms with Gasteiger partial charge in [0.25, 0.3) is 5.91 Å². The fourth-order valence-electron chi connectivity index (χ4n) is 3.23. The van der Waals surface area contributed by atoms with Crippen LogP contribution in [0.4, 0.5) is 5.69 Å². The summed E-state index contributed by atoms with van der Waals surface area (Å²) in [5.74, 6) is 5.23. The normalized spacial score (nSPS) is 16.1. The molecule has 1 amide bonds. The molecular weight excluding hydrogens is 324 g/mol. The van der Waals surface area contributed by atoms with E-state index >= 15 is 0 Å². The minimum Gasteiger partial charge on any atom is -0.396 e. The minimum atomic E-state index is -0.142. The third-order valence-electron chi connectivity index (χ3n) is 4.72. The summed E-state index contributed by atoms with van der Waals surface area (Å²) in [6, 6.07) is 9.89. The smallest absolute Gasteiger partial charge is 0.298 e. The van der Waals surface area contributed by atoms with Gasteiger partial charge in [-0.25, -0.2) is 0 Å². The standard InChI is InChI=1S/C21H22N4O/c1-3-4-19(26)25-10-9-16(13-25)18-11-17(12-22)20(23)21(24-18)15-7-5-14(2)6-8-15/h5-8,11-12,16,22H,9-10,13,23H2,1-2H3. The number of nitrogens with two attached hydrogens (primary N) is 1. The number of rotatable bonds is 3. The van der Waals surface area contributed by atoms with Gasteiger partial charge in [0.05, 0.1) is 11.4 Å². The van der Waals surface area contributed by atoms with Gasteiger partial charge < -0.3 is 16.0 Å². The summed E-state index contributed by atoms with van der Waals surface area (Å²) in [6.07, 6.45) is 2.09. The SMILES string of the molecule is CC#CC(=O)N1CCC(c2cc(C=N)c(N)c(-c3ccc(C)cc3)n2)C1. The number of aromatic nitrogens is 1. The molecule has 3 N–H and O–H groups in total. The lowest BCUT2D eigenvalue weighted by molar-refractivity contribution is -0.124. The number of nitrogens with one attached hydrogen (secondary N) is 1. The predicted octanol–water partition coefficient (Wildman–Crippen LogP) is 2.98. The van der Waals surface area contributed by atoms with Crippen molar-refractivity contribution in [3.63, 3.8) is 0 Å². The molecule has 1 aliphatic rings. The van der Waals surface area contributed by atoms with Gasteiger partial charge in [-0.05, 0) is 32.3 Å². The van der Waals surface area contributed by atoms with Gasteiger partial charge in [0.2, 0.25) is 0 Å². The van der Waals surface area contributed by atoms with E-state index in [2.05, 4.69) is 11.8 Å². The summed E-state index contributed by atoms with van der Waals surface area (Å²) in [6.45, 7) is 4.96. The predicted molar refractivity (Wildman–Crippen MR) is 104 cm³/mol. The van der Waals surface area contributed by atoms with Gasteiger partial charge in [-0.2, -0.15) is 0 Å². The van der Waals surface area contributed by atoms with Gasteiger partial charge in [0.15, 0.2) is 0 Å². The van der Waals surface area contributed by atoms with E-state index in [1.54, 1.807) is 11.8 Å². The van der Waals surface area contributed by atoms with E-state index in [0.717, 1.165) is 23.2 Å². The number of hydrogen-bond acceptors (Lipinski definition) is 4. The lowest BCUT2D eigenvalue weighted by Crippen LogP contribution is -2.27. The van der Waals surface area contributed by atoms with Crippen molar-refractivity contribution in [1.29, 1.82) is 5.41 Å². The number of carbonyl (C=O) groups excluding carboxylic acids is 1. The third kappa shape index (κ3) is 3.45. The molecule has 2 aromatic rings. The van der Waals surface area contributed by atoms with E-state index < -0.39 is 0 Å². The van der Waals surface area contributed by atoms with Crippen LogP contribution < -0.4 is 5.73 Å². The Morgan fingerprint density at radius 2 is 2.12 bits per heavy atom. The number of pyridine rings is 1. The quantitative estimate of drug-likeness (QED) is 0.662. The summed E-state index contributed by atoms with van der Waals surface area (Å²) in [5, 5.41) is 7.69. The number of benzene rings is 1. The highest BCUT2D eigenvalue weighted by molar-refractivity contribution is 5.94. The Morgan fingerprint density at radius 1 is 1.38 bits per heavy atom. The van der Waals surface area contributed by atoms with Gasteiger partial charge in [-0.3, -0.25) is 9.78 Å². The second-order valence-electron chi connectivity index (χ2n) is 6.52. The maximum atomic E-state index is 12.0. The average Bonchev–Trinajstić information content (AvgIpc) is 3.13. The Labute approximate surface area is 153 Å². The van der Waals surface area contributed by atoms with Crippen molar-refractivity contribution in [2.45, 2.75) is 26.2 Å². The van der Waals surface area contributed by atoms with Crippen LogP contribution in [0.15, 0.2) is 30.3 Å². The van der Waals surface area contributed by atoms with Crippen molar-refractivity contribution in [2.24, 2.45) is 0 Å². The monoisotopic (exact) mass is 346 g/mol. The number of anilines is 1. The molecule has 3 rings (SSSR count). The number of carbonyl (C=O) groups is 1. The van der Waals surface area contributed by atoms with E-state index in [1.165, 1.54) is 6.21 Å². The molecule has 1 aliphatic heterocycles. The summed E-state index contributed by atoms with van der Waals surface area (Å²) in [7, 11) is 0. The summed E-state index contributed by atoms with van der Waals surface area (Å²) >= 11 is 0. The zero-order valence-electron chi connectivity index (χ0n) is 15.0. The molecule has 132 valence electrons. The van der Waals surface area contributed by atoms with E-state index in [-0.39, 0.29) is 11.8 Å². The third-order valence-corrected chi connectivity index (χ3v) is 4.72. The van der Waals surface area contributed by atoms with Gasteiger partial charge in [-0.1, -0.05) is 35.7 Å². The second kappa shape index (κ2) is 7.40. The van der Waals surface area contributed by atoms with Gasteiger partial charge in [0, 0.05) is 42.0 Å². The maximum Gasteiger partial charge on any atom is 0.298 e. The Morgan fingerprint density at radius 3 is 2.77 bits per heavy atom. The summed E-state index contributed by atoms with van der Waals surface area (Å²) in [4.78, 5) is 18.6. The molecule has 1 atom stereocenters. The van der Waals surface area contributed by atoms with Gasteiger partial charge in [0.1, 0.15) is 0 Å². The molecule has 0 saturated carbocycles. The number of hydrogen-bond donors (Lipinski definition) is 2. The van der Waals surface area contributed by atoms with Crippen molar-refractivity contribution in [2.75, 3.05) is 18.8 Å². The van der Waals surface area contributed by atoms with Crippen LogP contribution in [0.25, 0.3) is 11.3 Å². The van der Waals surface area contributed by atoms with Crippen molar-refractivity contribution < 1.29 is 4.79 Å². The molecule has 0 spiro atoms.